The van der Waals surface area contributed by atoms with E-state index < -0.39 is 0 Å². The van der Waals surface area contributed by atoms with Gasteiger partial charge in [-0.1, -0.05) is 119 Å². The highest BCUT2D eigenvalue weighted by Gasteiger charge is 2.44. The lowest BCUT2D eigenvalue weighted by molar-refractivity contribution is 0.467. The van der Waals surface area contributed by atoms with Crippen molar-refractivity contribution in [2.45, 2.75) is 45.6 Å². The summed E-state index contributed by atoms with van der Waals surface area (Å²) in [4.78, 5) is 2.60. The zero-order chi connectivity index (χ0) is 33.0. The maximum absolute atomic E-state index is 6.76. The Balaban J connectivity index is 1.13. The molecule has 0 saturated heterocycles. The highest BCUT2D eigenvalue weighted by molar-refractivity contribution is 6.98. The molecular weight excluding hydrogens is 597 g/mol. The average molecular weight is 636 g/mol. The van der Waals surface area contributed by atoms with Crippen molar-refractivity contribution in [2.24, 2.45) is 11.8 Å². The number of allylic oxidation sites excluding steroid dienone is 6. The first-order valence-corrected chi connectivity index (χ1v) is 17.7. The molecule has 3 nitrogen and oxygen atoms in total. The summed E-state index contributed by atoms with van der Waals surface area (Å²) in [6.07, 6.45) is 17.0. The standard InChI is InChI=1S/C45H38BNO2/c1-27-12-5-9-16-38(27)47(39-17-10-6-13-28(39)2)30-21-22-32-33-25-42-37(26-35(33)45(3,4)34(32)24-30)46-36-23-20-29-14-7-8-15-31(29)44(36)49-41-19-11-18-40(48-42)43(41)46/h5-12,14-28,38H,13H2,1-4H3. The van der Waals surface area contributed by atoms with E-state index in [0.29, 0.717) is 11.8 Å². The van der Waals surface area contributed by atoms with Crippen LogP contribution in [0.25, 0.3) is 21.9 Å². The van der Waals surface area contributed by atoms with Gasteiger partial charge in [0.05, 0.1) is 6.04 Å². The molecule has 4 heteroatoms. The largest absolute Gasteiger partial charge is 0.458 e. The van der Waals surface area contributed by atoms with Gasteiger partial charge in [-0.25, -0.2) is 0 Å². The van der Waals surface area contributed by atoms with Crippen LogP contribution in [-0.4, -0.2) is 12.8 Å². The Morgan fingerprint density at radius 3 is 2.41 bits per heavy atom. The molecule has 3 aliphatic carbocycles. The predicted molar refractivity (Wildman–Crippen MR) is 204 cm³/mol. The van der Waals surface area contributed by atoms with Gasteiger partial charge in [0.1, 0.15) is 23.0 Å². The lowest BCUT2D eigenvalue weighted by Crippen LogP contribution is -2.57. The van der Waals surface area contributed by atoms with Crippen LogP contribution in [0.5, 0.6) is 23.0 Å². The first-order valence-electron chi connectivity index (χ1n) is 17.7. The summed E-state index contributed by atoms with van der Waals surface area (Å²) >= 11 is 0. The number of hydrogen-bond donors (Lipinski definition) is 0. The van der Waals surface area contributed by atoms with Gasteiger partial charge in [0.15, 0.2) is 0 Å². The van der Waals surface area contributed by atoms with Crippen molar-refractivity contribution >= 4 is 39.6 Å². The molecule has 2 heterocycles. The summed E-state index contributed by atoms with van der Waals surface area (Å²) in [5, 5.41) is 2.33. The highest BCUT2D eigenvalue weighted by atomic mass is 16.5. The average Bonchev–Trinajstić information content (AvgIpc) is 3.33. The predicted octanol–water partition coefficient (Wildman–Crippen LogP) is 9.29. The van der Waals surface area contributed by atoms with Gasteiger partial charge in [-0.2, -0.15) is 0 Å². The van der Waals surface area contributed by atoms with Crippen LogP contribution < -0.4 is 30.8 Å². The first kappa shape index (κ1) is 28.8. The normalized spacial score (nSPS) is 21.5. The molecule has 0 bridgehead atoms. The number of anilines is 1. The first-order chi connectivity index (χ1) is 23.9. The van der Waals surface area contributed by atoms with Crippen molar-refractivity contribution in [3.05, 3.63) is 144 Å². The second kappa shape index (κ2) is 10.4. The minimum Gasteiger partial charge on any atom is -0.458 e. The molecule has 2 aliphatic heterocycles. The smallest absolute Gasteiger partial charge is 0.260 e. The van der Waals surface area contributed by atoms with E-state index in [2.05, 4.69) is 154 Å². The van der Waals surface area contributed by atoms with Gasteiger partial charge in [0, 0.05) is 27.6 Å². The molecule has 5 aliphatic rings. The van der Waals surface area contributed by atoms with E-state index in [1.165, 1.54) is 50.0 Å². The van der Waals surface area contributed by atoms with Crippen LogP contribution in [0.4, 0.5) is 5.69 Å². The van der Waals surface area contributed by atoms with E-state index in [9.17, 15) is 0 Å². The summed E-state index contributed by atoms with van der Waals surface area (Å²) in [6.45, 7) is 9.50. The number of hydrogen-bond acceptors (Lipinski definition) is 3. The van der Waals surface area contributed by atoms with Gasteiger partial charge in [-0.3, -0.25) is 0 Å². The molecule has 0 fully saturated rings. The monoisotopic (exact) mass is 635 g/mol. The van der Waals surface area contributed by atoms with Crippen LogP contribution in [0, 0.1) is 11.8 Å². The van der Waals surface area contributed by atoms with E-state index in [1.807, 2.05) is 6.07 Å². The van der Waals surface area contributed by atoms with Crippen LogP contribution in [0.1, 0.15) is 45.2 Å². The molecule has 3 atom stereocenters. The van der Waals surface area contributed by atoms with Crippen molar-refractivity contribution in [1.82, 2.24) is 0 Å². The molecule has 0 amide bonds. The van der Waals surface area contributed by atoms with Gasteiger partial charge in [-0.05, 0) is 93.2 Å². The number of nitrogens with zero attached hydrogens (tertiary/aromatic N) is 1. The van der Waals surface area contributed by atoms with Crippen molar-refractivity contribution in [2.75, 3.05) is 4.90 Å². The highest BCUT2D eigenvalue weighted by Crippen LogP contribution is 2.52. The van der Waals surface area contributed by atoms with E-state index >= 15 is 0 Å². The zero-order valence-corrected chi connectivity index (χ0v) is 28.4. The van der Waals surface area contributed by atoms with Crippen LogP contribution in [0.2, 0.25) is 0 Å². The Kier molecular flexibility index (Phi) is 6.10. The lowest BCUT2D eigenvalue weighted by Gasteiger charge is -2.40. The Morgan fingerprint density at radius 2 is 1.55 bits per heavy atom. The lowest BCUT2D eigenvalue weighted by atomic mass is 9.34. The number of fused-ring (bicyclic) bond motifs is 9. The van der Waals surface area contributed by atoms with Gasteiger partial charge in [0.2, 0.25) is 0 Å². The number of benzene rings is 5. The fourth-order valence-electron chi connectivity index (χ4n) is 9.10. The molecule has 49 heavy (non-hydrogen) atoms. The molecule has 5 aromatic rings. The van der Waals surface area contributed by atoms with E-state index in [1.54, 1.807) is 0 Å². The minimum atomic E-state index is -0.195. The summed E-state index contributed by atoms with van der Waals surface area (Å²) in [7, 11) is 0. The Bertz CT molecular complexity index is 2360. The van der Waals surface area contributed by atoms with Gasteiger partial charge in [0.25, 0.3) is 6.71 Å². The molecule has 0 spiro atoms. The van der Waals surface area contributed by atoms with Gasteiger partial charge in [-0.15, -0.1) is 0 Å². The second-order valence-electron chi connectivity index (χ2n) is 14.9. The molecule has 238 valence electrons. The molecule has 10 rings (SSSR count). The Morgan fingerprint density at radius 1 is 0.735 bits per heavy atom. The Hall–Kier alpha value is -5.22. The molecule has 0 radical (unpaired) electrons. The third-order valence-electron chi connectivity index (χ3n) is 11.7. The van der Waals surface area contributed by atoms with Crippen LogP contribution in [0.3, 0.4) is 0 Å². The fraction of sp³-hybridized carbons (Fsp3) is 0.200. The van der Waals surface area contributed by atoms with E-state index in [4.69, 9.17) is 9.47 Å². The summed E-state index contributed by atoms with van der Waals surface area (Å²) in [5.74, 6) is 4.50. The Labute approximate surface area is 289 Å². The molecule has 0 aromatic heterocycles. The maximum atomic E-state index is 6.76. The zero-order valence-electron chi connectivity index (χ0n) is 28.4. The second-order valence-corrected chi connectivity index (χ2v) is 14.9. The van der Waals surface area contributed by atoms with Crippen molar-refractivity contribution in [3.63, 3.8) is 0 Å². The number of rotatable bonds is 3. The number of ether oxygens (including phenoxy) is 2. The van der Waals surface area contributed by atoms with E-state index in [0.717, 1.165) is 40.3 Å². The van der Waals surface area contributed by atoms with Crippen LogP contribution in [0.15, 0.2) is 133 Å². The molecule has 0 saturated carbocycles. The summed E-state index contributed by atoms with van der Waals surface area (Å²) < 4.78 is 13.4. The van der Waals surface area contributed by atoms with Crippen LogP contribution >= 0.6 is 0 Å². The summed E-state index contributed by atoms with van der Waals surface area (Å²) in [5.41, 5.74) is 11.3. The summed E-state index contributed by atoms with van der Waals surface area (Å²) in [6, 6.07) is 31.4. The fourth-order valence-corrected chi connectivity index (χ4v) is 9.10. The molecule has 5 aromatic carbocycles. The molecule has 0 N–H and O–H groups in total. The van der Waals surface area contributed by atoms with Gasteiger partial charge >= 0.3 is 0 Å². The quantitative estimate of drug-likeness (QED) is 0.181. The topological polar surface area (TPSA) is 21.7 Å². The third-order valence-corrected chi connectivity index (χ3v) is 11.7. The maximum Gasteiger partial charge on any atom is 0.260 e. The molecule has 3 unspecified atom stereocenters. The SMILES string of the molecule is CC1CC=CC=C1N(c1ccc2c(c1)C(C)(C)c1cc3c(cc1-2)Oc1cccc2c1B3c1ccc3ccccc3c1O2)C1C=CC=CC1C. The van der Waals surface area contributed by atoms with Gasteiger partial charge < -0.3 is 14.4 Å². The third kappa shape index (κ3) is 4.10. The van der Waals surface area contributed by atoms with Crippen molar-refractivity contribution in [3.8, 4) is 34.1 Å². The van der Waals surface area contributed by atoms with Crippen LogP contribution in [-0.2, 0) is 5.41 Å². The van der Waals surface area contributed by atoms with Crippen molar-refractivity contribution in [1.29, 1.82) is 0 Å². The minimum absolute atomic E-state index is 0.0274. The molecular formula is C45H38BNO2. The van der Waals surface area contributed by atoms with E-state index in [-0.39, 0.29) is 18.2 Å². The van der Waals surface area contributed by atoms with Crippen molar-refractivity contribution < 1.29 is 9.47 Å².